The molecule has 2 heterocycles. The lowest BCUT2D eigenvalue weighted by atomic mass is 10.2. The molecule has 1 N–H and O–H groups in total. The maximum atomic E-state index is 13.4. The predicted octanol–water partition coefficient (Wildman–Crippen LogP) is 3.23. The lowest BCUT2D eigenvalue weighted by Gasteiger charge is -2.17. The Balaban J connectivity index is 1.43. The third-order valence-corrected chi connectivity index (χ3v) is 4.25. The van der Waals surface area contributed by atoms with Crippen molar-refractivity contribution < 1.29 is 8.81 Å². The highest BCUT2D eigenvalue weighted by Gasteiger charge is 2.22. The van der Waals surface area contributed by atoms with E-state index in [1.165, 1.54) is 24.5 Å². The Kier molecular flexibility index (Phi) is 3.19. The van der Waals surface area contributed by atoms with Crippen LogP contribution in [-0.4, -0.2) is 12.6 Å². The lowest BCUT2D eigenvalue weighted by Crippen LogP contribution is -2.19. The van der Waals surface area contributed by atoms with Crippen LogP contribution in [0.25, 0.3) is 0 Å². The molecule has 2 aliphatic rings. The number of hydrogen-bond donors (Lipinski definition) is 1. The molecule has 0 bridgehead atoms. The van der Waals surface area contributed by atoms with E-state index in [1.807, 2.05) is 18.2 Å². The van der Waals surface area contributed by atoms with Crippen LogP contribution >= 0.6 is 0 Å². The fraction of sp³-hybridized carbons (Fsp3) is 0.412. The van der Waals surface area contributed by atoms with Gasteiger partial charge in [0.2, 0.25) is 0 Å². The SMILES string of the molecule is Fc1ccc2c(c1)N(Cc1ccc(CNC3CC3)o1)CC2. The Morgan fingerprint density at radius 3 is 2.90 bits per heavy atom. The van der Waals surface area contributed by atoms with E-state index in [-0.39, 0.29) is 5.82 Å². The van der Waals surface area contributed by atoms with Crippen LogP contribution in [0.5, 0.6) is 0 Å². The first-order valence-electron chi connectivity index (χ1n) is 7.62. The van der Waals surface area contributed by atoms with E-state index in [0.717, 1.165) is 36.7 Å². The van der Waals surface area contributed by atoms with Crippen LogP contribution in [0.3, 0.4) is 0 Å². The highest BCUT2D eigenvalue weighted by atomic mass is 19.1. The fourth-order valence-electron chi connectivity index (χ4n) is 2.91. The summed E-state index contributed by atoms with van der Waals surface area (Å²) in [6, 6.07) is 9.80. The van der Waals surface area contributed by atoms with Gasteiger partial charge in [0.1, 0.15) is 17.3 Å². The fourth-order valence-corrected chi connectivity index (χ4v) is 2.91. The van der Waals surface area contributed by atoms with E-state index in [4.69, 9.17) is 4.42 Å². The zero-order valence-corrected chi connectivity index (χ0v) is 11.9. The Hall–Kier alpha value is -1.81. The van der Waals surface area contributed by atoms with Gasteiger partial charge in [-0.15, -0.1) is 0 Å². The van der Waals surface area contributed by atoms with Crippen molar-refractivity contribution in [3.63, 3.8) is 0 Å². The normalized spacial score (nSPS) is 17.3. The maximum Gasteiger partial charge on any atom is 0.125 e. The van der Waals surface area contributed by atoms with E-state index >= 15 is 0 Å². The van der Waals surface area contributed by atoms with Gasteiger partial charge < -0.3 is 14.6 Å². The summed E-state index contributed by atoms with van der Waals surface area (Å²) >= 11 is 0. The molecule has 1 saturated carbocycles. The Morgan fingerprint density at radius 2 is 2.05 bits per heavy atom. The van der Waals surface area contributed by atoms with Crippen molar-refractivity contribution in [3.8, 4) is 0 Å². The minimum absolute atomic E-state index is 0.172. The summed E-state index contributed by atoms with van der Waals surface area (Å²) in [5.74, 6) is 1.75. The van der Waals surface area contributed by atoms with Crippen LogP contribution in [0.2, 0.25) is 0 Å². The number of hydrogen-bond acceptors (Lipinski definition) is 3. The quantitative estimate of drug-likeness (QED) is 0.914. The van der Waals surface area contributed by atoms with E-state index < -0.39 is 0 Å². The first kappa shape index (κ1) is 12.9. The van der Waals surface area contributed by atoms with Gasteiger partial charge in [-0.2, -0.15) is 0 Å². The molecule has 21 heavy (non-hydrogen) atoms. The van der Waals surface area contributed by atoms with E-state index in [1.54, 1.807) is 6.07 Å². The topological polar surface area (TPSA) is 28.4 Å². The molecule has 3 nitrogen and oxygen atoms in total. The minimum atomic E-state index is -0.172. The Labute approximate surface area is 123 Å². The molecule has 1 aromatic heterocycles. The second-order valence-corrected chi connectivity index (χ2v) is 5.97. The molecule has 0 saturated heterocycles. The summed E-state index contributed by atoms with van der Waals surface area (Å²) in [5, 5.41) is 3.45. The Morgan fingerprint density at radius 1 is 1.19 bits per heavy atom. The zero-order chi connectivity index (χ0) is 14.2. The molecule has 0 spiro atoms. The molecule has 4 heteroatoms. The van der Waals surface area contributed by atoms with Crippen LogP contribution in [0.1, 0.15) is 29.9 Å². The van der Waals surface area contributed by atoms with Gasteiger partial charge in [-0.3, -0.25) is 0 Å². The summed E-state index contributed by atoms with van der Waals surface area (Å²) in [4.78, 5) is 2.19. The summed E-state index contributed by atoms with van der Waals surface area (Å²) in [5.41, 5.74) is 2.22. The van der Waals surface area contributed by atoms with Gasteiger partial charge in [0.05, 0.1) is 13.1 Å². The first-order chi connectivity index (χ1) is 10.3. The van der Waals surface area contributed by atoms with Gasteiger partial charge in [-0.1, -0.05) is 6.07 Å². The Bertz CT molecular complexity index is 648. The average Bonchev–Trinajstić information content (AvgIpc) is 3.08. The lowest BCUT2D eigenvalue weighted by molar-refractivity contribution is 0.443. The maximum absolute atomic E-state index is 13.4. The first-order valence-corrected chi connectivity index (χ1v) is 7.62. The smallest absolute Gasteiger partial charge is 0.125 e. The van der Waals surface area contributed by atoms with Gasteiger partial charge in [0, 0.05) is 18.3 Å². The number of fused-ring (bicyclic) bond motifs is 1. The van der Waals surface area contributed by atoms with E-state index in [0.29, 0.717) is 12.6 Å². The standard InChI is InChI=1S/C17H19FN2O/c18-13-2-1-12-7-8-20(17(12)9-13)11-16-6-5-15(21-16)10-19-14-3-4-14/h1-2,5-6,9,14,19H,3-4,7-8,10-11H2. The van der Waals surface area contributed by atoms with Crippen molar-refractivity contribution in [1.82, 2.24) is 5.32 Å². The number of anilines is 1. The predicted molar refractivity (Wildman–Crippen MR) is 79.7 cm³/mol. The monoisotopic (exact) mass is 286 g/mol. The molecule has 1 aromatic carbocycles. The minimum Gasteiger partial charge on any atom is -0.463 e. The number of nitrogens with one attached hydrogen (secondary N) is 1. The number of halogens is 1. The van der Waals surface area contributed by atoms with Crippen molar-refractivity contribution in [3.05, 3.63) is 53.2 Å². The summed E-state index contributed by atoms with van der Waals surface area (Å²) in [6.45, 7) is 2.44. The number of rotatable bonds is 5. The van der Waals surface area contributed by atoms with Gasteiger partial charge in [0.15, 0.2) is 0 Å². The van der Waals surface area contributed by atoms with Crippen molar-refractivity contribution in [2.45, 2.75) is 38.4 Å². The number of nitrogens with zero attached hydrogens (tertiary/aromatic N) is 1. The van der Waals surface area contributed by atoms with Gasteiger partial charge in [-0.05, 0) is 49.1 Å². The van der Waals surface area contributed by atoms with Crippen LogP contribution in [-0.2, 0) is 19.5 Å². The number of benzene rings is 1. The highest BCUT2D eigenvalue weighted by Crippen LogP contribution is 2.30. The van der Waals surface area contributed by atoms with Gasteiger partial charge in [-0.25, -0.2) is 4.39 Å². The van der Waals surface area contributed by atoms with Crippen LogP contribution < -0.4 is 10.2 Å². The molecule has 1 aliphatic carbocycles. The third-order valence-electron chi connectivity index (χ3n) is 4.25. The molecule has 1 aliphatic heterocycles. The van der Waals surface area contributed by atoms with Crippen molar-refractivity contribution >= 4 is 5.69 Å². The second-order valence-electron chi connectivity index (χ2n) is 5.97. The average molecular weight is 286 g/mol. The van der Waals surface area contributed by atoms with Crippen molar-refractivity contribution in [1.29, 1.82) is 0 Å². The molecule has 2 aromatic rings. The molecular formula is C17H19FN2O. The molecule has 0 atom stereocenters. The largest absolute Gasteiger partial charge is 0.463 e. The molecular weight excluding hydrogens is 267 g/mol. The van der Waals surface area contributed by atoms with Crippen molar-refractivity contribution in [2.24, 2.45) is 0 Å². The third kappa shape index (κ3) is 2.81. The molecule has 1 fully saturated rings. The molecule has 110 valence electrons. The van der Waals surface area contributed by atoms with Crippen LogP contribution in [0, 0.1) is 5.82 Å². The van der Waals surface area contributed by atoms with E-state index in [9.17, 15) is 4.39 Å². The van der Waals surface area contributed by atoms with Crippen LogP contribution in [0.4, 0.5) is 10.1 Å². The van der Waals surface area contributed by atoms with Crippen molar-refractivity contribution in [2.75, 3.05) is 11.4 Å². The summed E-state index contributed by atoms with van der Waals surface area (Å²) in [7, 11) is 0. The summed E-state index contributed by atoms with van der Waals surface area (Å²) in [6.07, 6.45) is 3.54. The van der Waals surface area contributed by atoms with Gasteiger partial charge >= 0.3 is 0 Å². The highest BCUT2D eigenvalue weighted by molar-refractivity contribution is 5.58. The van der Waals surface area contributed by atoms with Crippen LogP contribution in [0.15, 0.2) is 34.7 Å². The van der Waals surface area contributed by atoms with E-state index in [2.05, 4.69) is 10.2 Å². The molecule has 0 unspecified atom stereocenters. The molecule has 4 rings (SSSR count). The number of furan rings is 1. The molecule has 0 radical (unpaired) electrons. The van der Waals surface area contributed by atoms with Gasteiger partial charge in [0.25, 0.3) is 0 Å². The second kappa shape index (κ2) is 5.19. The molecule has 0 amide bonds. The summed E-state index contributed by atoms with van der Waals surface area (Å²) < 4.78 is 19.3. The zero-order valence-electron chi connectivity index (χ0n) is 11.9.